The maximum Gasteiger partial charge on any atom is 0.254 e. The minimum Gasteiger partial charge on any atom is -0.334 e. The van der Waals surface area contributed by atoms with Crippen LogP contribution < -0.4 is 0 Å². The van der Waals surface area contributed by atoms with Crippen LogP contribution in [0.1, 0.15) is 35.2 Å². The molecule has 0 aliphatic carbocycles. The van der Waals surface area contributed by atoms with Gasteiger partial charge in [0.2, 0.25) is 0 Å². The number of imidazole rings is 1. The SMILES string of the molecule is O=C(c1ccc(Cn2ccnc2)cc1)N1CCCCC1Cn1cccn1. The fraction of sp³-hybridized carbons (Fsp3) is 0.350. The van der Waals surface area contributed by atoms with Gasteiger partial charge in [0, 0.05) is 43.4 Å². The maximum absolute atomic E-state index is 13.0. The Hall–Kier alpha value is -2.89. The van der Waals surface area contributed by atoms with E-state index >= 15 is 0 Å². The third-order valence-corrected chi connectivity index (χ3v) is 4.97. The van der Waals surface area contributed by atoms with Crippen molar-refractivity contribution in [3.05, 3.63) is 72.6 Å². The molecule has 0 radical (unpaired) electrons. The number of benzene rings is 1. The molecule has 1 atom stereocenters. The first-order valence-electron chi connectivity index (χ1n) is 9.13. The van der Waals surface area contributed by atoms with Gasteiger partial charge in [-0.1, -0.05) is 12.1 Å². The van der Waals surface area contributed by atoms with Crippen LogP contribution in [0.3, 0.4) is 0 Å². The lowest BCUT2D eigenvalue weighted by Gasteiger charge is -2.35. The van der Waals surface area contributed by atoms with Crippen LogP contribution in [-0.4, -0.2) is 42.7 Å². The molecule has 1 aliphatic rings. The molecule has 0 saturated carbocycles. The number of hydrogen-bond acceptors (Lipinski definition) is 3. The summed E-state index contributed by atoms with van der Waals surface area (Å²) in [6.07, 6.45) is 12.5. The normalized spacial score (nSPS) is 17.4. The van der Waals surface area contributed by atoms with Gasteiger partial charge in [-0.2, -0.15) is 5.10 Å². The van der Waals surface area contributed by atoms with E-state index in [4.69, 9.17) is 0 Å². The Morgan fingerprint density at radius 1 is 1.12 bits per heavy atom. The van der Waals surface area contributed by atoms with E-state index in [1.54, 1.807) is 18.7 Å². The van der Waals surface area contributed by atoms with Crippen molar-refractivity contribution >= 4 is 5.91 Å². The van der Waals surface area contributed by atoms with Crippen LogP contribution in [0.5, 0.6) is 0 Å². The molecule has 1 unspecified atom stereocenters. The number of aromatic nitrogens is 4. The summed E-state index contributed by atoms with van der Waals surface area (Å²) in [5.74, 6) is 0.121. The minimum absolute atomic E-state index is 0.121. The lowest BCUT2D eigenvalue weighted by Crippen LogP contribution is -2.45. The highest BCUT2D eigenvalue weighted by Crippen LogP contribution is 2.21. The fourth-order valence-corrected chi connectivity index (χ4v) is 3.59. The van der Waals surface area contributed by atoms with Gasteiger partial charge in [0.25, 0.3) is 5.91 Å². The van der Waals surface area contributed by atoms with Crippen LogP contribution in [0.4, 0.5) is 0 Å². The molecule has 0 N–H and O–H groups in total. The van der Waals surface area contributed by atoms with Crippen molar-refractivity contribution in [2.45, 2.75) is 38.4 Å². The monoisotopic (exact) mass is 349 g/mol. The first kappa shape index (κ1) is 16.6. The van der Waals surface area contributed by atoms with Gasteiger partial charge in [-0.05, 0) is 43.0 Å². The molecule has 6 nitrogen and oxygen atoms in total. The topological polar surface area (TPSA) is 56.0 Å². The van der Waals surface area contributed by atoms with Gasteiger partial charge in [-0.25, -0.2) is 4.98 Å². The summed E-state index contributed by atoms with van der Waals surface area (Å²) in [5.41, 5.74) is 1.91. The number of amides is 1. The summed E-state index contributed by atoms with van der Waals surface area (Å²) in [6.45, 7) is 2.35. The fourth-order valence-electron chi connectivity index (χ4n) is 3.59. The van der Waals surface area contributed by atoms with E-state index in [0.29, 0.717) is 0 Å². The predicted octanol–water partition coefficient (Wildman–Crippen LogP) is 2.82. The standard InChI is InChI=1S/C20H23N5O/c26-20(18-7-5-17(6-8-18)14-23-13-10-21-16-23)25-12-2-1-4-19(25)15-24-11-3-9-22-24/h3,5-11,13,16,19H,1-2,4,12,14-15H2. The maximum atomic E-state index is 13.0. The molecule has 3 aromatic rings. The zero-order valence-corrected chi connectivity index (χ0v) is 14.7. The number of piperidine rings is 1. The van der Waals surface area contributed by atoms with Crippen LogP contribution in [0.15, 0.2) is 61.4 Å². The van der Waals surface area contributed by atoms with E-state index in [1.165, 1.54) is 6.42 Å². The predicted molar refractivity (Wildman–Crippen MR) is 98.7 cm³/mol. The second-order valence-electron chi connectivity index (χ2n) is 6.81. The third kappa shape index (κ3) is 3.69. The average Bonchev–Trinajstić information content (AvgIpc) is 3.37. The second-order valence-corrected chi connectivity index (χ2v) is 6.81. The van der Waals surface area contributed by atoms with Crippen molar-refractivity contribution in [2.75, 3.05) is 6.54 Å². The molecule has 0 bridgehead atoms. The largest absolute Gasteiger partial charge is 0.334 e. The molecule has 1 aromatic carbocycles. The van der Waals surface area contributed by atoms with Gasteiger partial charge in [0.1, 0.15) is 0 Å². The van der Waals surface area contributed by atoms with Crippen molar-refractivity contribution in [3.63, 3.8) is 0 Å². The molecule has 1 amide bonds. The van der Waals surface area contributed by atoms with Crippen LogP contribution in [0.2, 0.25) is 0 Å². The second kappa shape index (κ2) is 7.56. The lowest BCUT2D eigenvalue weighted by molar-refractivity contribution is 0.0584. The summed E-state index contributed by atoms with van der Waals surface area (Å²) in [6, 6.07) is 10.1. The van der Waals surface area contributed by atoms with Gasteiger partial charge in [-0.3, -0.25) is 9.48 Å². The number of hydrogen-bond donors (Lipinski definition) is 0. The molecule has 0 spiro atoms. The molecule has 1 aliphatic heterocycles. The molecule has 1 fully saturated rings. The molecule has 134 valence electrons. The van der Waals surface area contributed by atoms with Crippen LogP contribution in [0.25, 0.3) is 0 Å². The highest BCUT2D eigenvalue weighted by molar-refractivity contribution is 5.94. The molecule has 4 rings (SSSR count). The molecule has 26 heavy (non-hydrogen) atoms. The Morgan fingerprint density at radius 3 is 2.73 bits per heavy atom. The Morgan fingerprint density at radius 2 is 2.00 bits per heavy atom. The van der Waals surface area contributed by atoms with Gasteiger partial charge in [0.15, 0.2) is 0 Å². The molecule has 3 heterocycles. The number of nitrogens with zero attached hydrogens (tertiary/aromatic N) is 5. The minimum atomic E-state index is 0.121. The van der Waals surface area contributed by atoms with Gasteiger partial charge in [-0.15, -0.1) is 0 Å². The first-order chi connectivity index (χ1) is 12.8. The smallest absolute Gasteiger partial charge is 0.254 e. The Balaban J connectivity index is 1.46. The molecular weight excluding hydrogens is 326 g/mol. The van der Waals surface area contributed by atoms with Gasteiger partial charge in [0.05, 0.1) is 18.9 Å². The van der Waals surface area contributed by atoms with Crippen molar-refractivity contribution in [3.8, 4) is 0 Å². The van der Waals surface area contributed by atoms with E-state index in [-0.39, 0.29) is 11.9 Å². The van der Waals surface area contributed by atoms with E-state index in [1.807, 2.05) is 56.9 Å². The zero-order valence-electron chi connectivity index (χ0n) is 14.7. The number of carbonyl (C=O) groups excluding carboxylic acids is 1. The number of carbonyl (C=O) groups is 1. The average molecular weight is 349 g/mol. The first-order valence-corrected chi connectivity index (χ1v) is 9.13. The molecular formula is C20H23N5O. The molecule has 2 aromatic heterocycles. The molecule has 6 heteroatoms. The highest BCUT2D eigenvalue weighted by atomic mass is 16.2. The van der Waals surface area contributed by atoms with Crippen molar-refractivity contribution in [2.24, 2.45) is 0 Å². The highest BCUT2D eigenvalue weighted by Gasteiger charge is 2.27. The lowest BCUT2D eigenvalue weighted by atomic mass is 10.0. The molecule has 1 saturated heterocycles. The van der Waals surface area contributed by atoms with Crippen molar-refractivity contribution in [1.29, 1.82) is 0 Å². The van der Waals surface area contributed by atoms with Crippen molar-refractivity contribution < 1.29 is 4.79 Å². The van der Waals surface area contributed by atoms with Crippen LogP contribution in [0, 0.1) is 0 Å². The Bertz CT molecular complexity index is 824. The summed E-state index contributed by atoms with van der Waals surface area (Å²) < 4.78 is 3.94. The Kier molecular flexibility index (Phi) is 4.82. The van der Waals surface area contributed by atoms with Crippen LogP contribution in [-0.2, 0) is 13.1 Å². The third-order valence-electron chi connectivity index (χ3n) is 4.97. The van der Waals surface area contributed by atoms with Gasteiger partial charge < -0.3 is 9.47 Å². The van der Waals surface area contributed by atoms with E-state index in [0.717, 1.165) is 43.6 Å². The summed E-state index contributed by atoms with van der Waals surface area (Å²) in [4.78, 5) is 19.1. The van der Waals surface area contributed by atoms with Crippen LogP contribution >= 0.6 is 0 Å². The summed E-state index contributed by atoms with van der Waals surface area (Å²) in [7, 11) is 0. The van der Waals surface area contributed by atoms with Crippen molar-refractivity contribution in [1.82, 2.24) is 24.2 Å². The van der Waals surface area contributed by atoms with E-state index in [9.17, 15) is 4.79 Å². The van der Waals surface area contributed by atoms with Gasteiger partial charge >= 0.3 is 0 Å². The number of likely N-dealkylation sites (tertiary alicyclic amines) is 1. The summed E-state index contributed by atoms with van der Waals surface area (Å²) in [5, 5.41) is 4.30. The number of rotatable bonds is 5. The Labute approximate surface area is 153 Å². The van der Waals surface area contributed by atoms with E-state index in [2.05, 4.69) is 10.1 Å². The quantitative estimate of drug-likeness (QED) is 0.712. The zero-order chi connectivity index (χ0) is 17.8. The summed E-state index contributed by atoms with van der Waals surface area (Å²) >= 11 is 0. The van der Waals surface area contributed by atoms with E-state index < -0.39 is 0 Å².